The van der Waals surface area contributed by atoms with Crippen LogP contribution in [-0.4, -0.2) is 19.3 Å². The summed E-state index contributed by atoms with van der Waals surface area (Å²) in [5.41, 5.74) is 0.862. The molecule has 1 aliphatic heterocycles. The molecule has 1 saturated heterocycles. The summed E-state index contributed by atoms with van der Waals surface area (Å²) in [6.07, 6.45) is 5.87. The van der Waals surface area contributed by atoms with Crippen molar-refractivity contribution in [3.05, 3.63) is 34.6 Å². The average Bonchev–Trinajstić information content (AvgIpc) is 2.94. The van der Waals surface area contributed by atoms with Crippen LogP contribution in [0.25, 0.3) is 0 Å². The van der Waals surface area contributed by atoms with E-state index in [9.17, 15) is 4.39 Å². The van der Waals surface area contributed by atoms with Crippen LogP contribution in [-0.2, 0) is 4.74 Å². The van der Waals surface area contributed by atoms with Gasteiger partial charge in [-0.2, -0.15) is 0 Å². The average molecular weight is 300 g/mol. The summed E-state index contributed by atoms with van der Waals surface area (Å²) in [6, 6.07) is 5.15. The number of halogens is 2. The van der Waals surface area contributed by atoms with E-state index in [1.165, 1.54) is 18.9 Å². The van der Waals surface area contributed by atoms with Gasteiger partial charge < -0.3 is 10.1 Å². The van der Waals surface area contributed by atoms with E-state index in [0.29, 0.717) is 6.10 Å². The Morgan fingerprint density at radius 3 is 3.05 bits per heavy atom. The molecule has 1 aromatic rings. The molecule has 1 N–H and O–H groups in total. The summed E-state index contributed by atoms with van der Waals surface area (Å²) in [5, 5.41) is 3.65. The van der Waals surface area contributed by atoms with Crippen LogP contribution in [0.5, 0.6) is 0 Å². The highest BCUT2D eigenvalue weighted by Gasteiger charge is 2.19. The van der Waals surface area contributed by atoms with Gasteiger partial charge in [0.2, 0.25) is 0 Å². The fourth-order valence-electron chi connectivity index (χ4n) is 2.83. The first kappa shape index (κ1) is 15.7. The lowest BCUT2D eigenvalue weighted by Crippen LogP contribution is -2.22. The van der Waals surface area contributed by atoms with Gasteiger partial charge in [0.15, 0.2) is 0 Å². The molecule has 4 heteroatoms. The fraction of sp³-hybridized carbons (Fsp3) is 0.625. The molecule has 1 aromatic carbocycles. The minimum atomic E-state index is -0.341. The van der Waals surface area contributed by atoms with Gasteiger partial charge in [0.25, 0.3) is 0 Å². The summed E-state index contributed by atoms with van der Waals surface area (Å²) in [6.45, 7) is 3.80. The van der Waals surface area contributed by atoms with Crippen LogP contribution in [0.1, 0.15) is 50.6 Å². The van der Waals surface area contributed by atoms with Crippen LogP contribution >= 0.6 is 11.6 Å². The molecule has 0 radical (unpaired) electrons. The lowest BCUT2D eigenvalue weighted by molar-refractivity contribution is 0.101. The van der Waals surface area contributed by atoms with Crippen molar-refractivity contribution in [1.82, 2.24) is 5.32 Å². The number of nitrogens with one attached hydrogen (secondary N) is 1. The van der Waals surface area contributed by atoms with Crippen molar-refractivity contribution in [2.45, 2.75) is 51.2 Å². The SMILES string of the molecule is CCNC(CCCC1CCCO1)c1cccc(F)c1Cl. The second-order valence-electron chi connectivity index (χ2n) is 5.32. The molecule has 0 bridgehead atoms. The highest BCUT2D eigenvalue weighted by molar-refractivity contribution is 6.31. The maximum absolute atomic E-state index is 13.6. The van der Waals surface area contributed by atoms with E-state index in [1.807, 2.05) is 6.07 Å². The zero-order valence-electron chi connectivity index (χ0n) is 12.0. The molecule has 1 heterocycles. The first-order valence-electron chi connectivity index (χ1n) is 7.51. The van der Waals surface area contributed by atoms with E-state index in [-0.39, 0.29) is 16.9 Å². The van der Waals surface area contributed by atoms with Crippen molar-refractivity contribution in [3.63, 3.8) is 0 Å². The van der Waals surface area contributed by atoms with Gasteiger partial charge in [-0.3, -0.25) is 0 Å². The molecule has 2 atom stereocenters. The van der Waals surface area contributed by atoms with Crippen LogP contribution in [0.15, 0.2) is 18.2 Å². The Kier molecular flexibility index (Phi) is 6.27. The minimum Gasteiger partial charge on any atom is -0.378 e. The lowest BCUT2D eigenvalue weighted by Gasteiger charge is -2.20. The summed E-state index contributed by atoms with van der Waals surface area (Å²) in [4.78, 5) is 0. The Hall–Kier alpha value is -0.640. The Morgan fingerprint density at radius 2 is 2.35 bits per heavy atom. The predicted molar refractivity (Wildman–Crippen MR) is 80.7 cm³/mol. The molecule has 20 heavy (non-hydrogen) atoms. The monoisotopic (exact) mass is 299 g/mol. The Morgan fingerprint density at radius 1 is 1.50 bits per heavy atom. The number of hydrogen-bond acceptors (Lipinski definition) is 2. The largest absolute Gasteiger partial charge is 0.378 e. The van der Waals surface area contributed by atoms with Crippen LogP contribution in [0, 0.1) is 5.82 Å². The van der Waals surface area contributed by atoms with E-state index in [0.717, 1.165) is 38.0 Å². The number of ether oxygens (including phenoxy) is 1. The Balaban J connectivity index is 1.93. The number of hydrogen-bond donors (Lipinski definition) is 1. The van der Waals surface area contributed by atoms with Gasteiger partial charge in [0, 0.05) is 12.6 Å². The molecule has 2 unspecified atom stereocenters. The first-order valence-corrected chi connectivity index (χ1v) is 7.89. The summed E-state index contributed by atoms with van der Waals surface area (Å²) < 4.78 is 19.2. The van der Waals surface area contributed by atoms with E-state index in [4.69, 9.17) is 16.3 Å². The molecular weight excluding hydrogens is 277 g/mol. The normalized spacial score (nSPS) is 20.2. The molecule has 0 aliphatic carbocycles. The topological polar surface area (TPSA) is 21.3 Å². The van der Waals surface area contributed by atoms with Crippen molar-refractivity contribution in [2.24, 2.45) is 0 Å². The zero-order valence-corrected chi connectivity index (χ0v) is 12.8. The summed E-state index contributed by atoms with van der Waals surface area (Å²) in [5.74, 6) is -0.341. The van der Waals surface area contributed by atoms with Crippen molar-refractivity contribution in [2.75, 3.05) is 13.2 Å². The highest BCUT2D eigenvalue weighted by atomic mass is 35.5. The van der Waals surface area contributed by atoms with Gasteiger partial charge in [-0.15, -0.1) is 0 Å². The van der Waals surface area contributed by atoms with Gasteiger partial charge >= 0.3 is 0 Å². The van der Waals surface area contributed by atoms with Gasteiger partial charge in [-0.25, -0.2) is 4.39 Å². The number of rotatable bonds is 7. The number of benzene rings is 1. The summed E-state index contributed by atoms with van der Waals surface area (Å²) >= 11 is 6.09. The summed E-state index contributed by atoms with van der Waals surface area (Å²) in [7, 11) is 0. The third-order valence-corrected chi connectivity index (χ3v) is 4.25. The van der Waals surface area contributed by atoms with Crippen molar-refractivity contribution < 1.29 is 9.13 Å². The lowest BCUT2D eigenvalue weighted by atomic mass is 9.99. The van der Waals surface area contributed by atoms with E-state index in [2.05, 4.69) is 12.2 Å². The van der Waals surface area contributed by atoms with Crippen molar-refractivity contribution in [3.8, 4) is 0 Å². The predicted octanol–water partition coefficient (Wildman–Crippen LogP) is 4.48. The second-order valence-corrected chi connectivity index (χ2v) is 5.70. The standard InChI is InChI=1S/C16H23ClFNO/c1-2-19-15(10-3-6-12-7-5-11-20-12)13-8-4-9-14(18)16(13)17/h4,8-9,12,15,19H,2-3,5-7,10-11H2,1H3. The van der Waals surface area contributed by atoms with Gasteiger partial charge in [-0.05, 0) is 50.3 Å². The van der Waals surface area contributed by atoms with Crippen LogP contribution < -0.4 is 5.32 Å². The van der Waals surface area contributed by atoms with E-state index < -0.39 is 0 Å². The molecule has 2 rings (SSSR count). The molecule has 1 fully saturated rings. The zero-order chi connectivity index (χ0) is 14.4. The molecule has 1 aliphatic rings. The molecule has 112 valence electrons. The van der Waals surface area contributed by atoms with E-state index in [1.54, 1.807) is 6.07 Å². The fourth-order valence-corrected chi connectivity index (χ4v) is 3.08. The molecule has 0 spiro atoms. The minimum absolute atomic E-state index is 0.115. The maximum Gasteiger partial charge on any atom is 0.142 e. The molecule has 0 aromatic heterocycles. The highest BCUT2D eigenvalue weighted by Crippen LogP contribution is 2.29. The van der Waals surface area contributed by atoms with Gasteiger partial charge in [-0.1, -0.05) is 30.7 Å². The third-order valence-electron chi connectivity index (χ3n) is 3.85. The van der Waals surface area contributed by atoms with Crippen molar-refractivity contribution >= 4 is 11.6 Å². The Bertz CT molecular complexity index is 421. The van der Waals surface area contributed by atoms with Crippen LogP contribution in [0.4, 0.5) is 4.39 Å². The maximum atomic E-state index is 13.6. The van der Waals surface area contributed by atoms with Gasteiger partial charge in [0.05, 0.1) is 11.1 Å². The molecule has 2 nitrogen and oxygen atoms in total. The quantitative estimate of drug-likeness (QED) is 0.801. The molecular formula is C16H23ClFNO. The smallest absolute Gasteiger partial charge is 0.142 e. The molecule has 0 amide bonds. The van der Waals surface area contributed by atoms with E-state index >= 15 is 0 Å². The van der Waals surface area contributed by atoms with Crippen LogP contribution in [0.2, 0.25) is 5.02 Å². The third kappa shape index (κ3) is 4.18. The first-order chi connectivity index (χ1) is 9.72. The Labute approximate surface area is 125 Å². The van der Waals surface area contributed by atoms with Crippen molar-refractivity contribution in [1.29, 1.82) is 0 Å². The molecule has 0 saturated carbocycles. The van der Waals surface area contributed by atoms with Gasteiger partial charge in [0.1, 0.15) is 5.82 Å². The van der Waals surface area contributed by atoms with Crippen LogP contribution in [0.3, 0.4) is 0 Å². The second kappa shape index (κ2) is 7.96.